The van der Waals surface area contributed by atoms with Gasteiger partial charge in [0.2, 0.25) is 10.3 Å². The highest BCUT2D eigenvalue weighted by molar-refractivity contribution is 7.22. The fraction of sp³-hybridized carbons (Fsp3) is 0.412. The molecule has 0 aliphatic carbocycles. The Bertz CT molecular complexity index is 3800. The predicted octanol–water partition coefficient (Wildman–Crippen LogP) is 19.4. The molecule has 544 valence electrons. The molecule has 1 unspecified atom stereocenters. The normalized spacial score (nSPS) is 11.7. The molecule has 1 atom stereocenters. The van der Waals surface area contributed by atoms with Gasteiger partial charge in [0, 0.05) is 42.8 Å². The number of carbonyl (C=O) groups is 3. The van der Waals surface area contributed by atoms with E-state index in [-0.39, 0.29) is 19.0 Å². The first-order valence-corrected chi connectivity index (χ1v) is 37.5. The van der Waals surface area contributed by atoms with Gasteiger partial charge in [-0.15, -0.1) is 0 Å². The second-order valence-corrected chi connectivity index (χ2v) is 26.5. The van der Waals surface area contributed by atoms with E-state index in [0.29, 0.717) is 97.8 Å². The summed E-state index contributed by atoms with van der Waals surface area (Å²) in [6.45, 7) is 14.9. The molecule has 20 nitrogen and oxygen atoms in total. The zero-order chi connectivity index (χ0) is 71.6. The van der Waals surface area contributed by atoms with E-state index in [1.165, 1.54) is 12.2 Å². The van der Waals surface area contributed by atoms with Gasteiger partial charge in [-0.2, -0.15) is 20.0 Å². The monoisotopic (exact) mass is 1430 g/mol. The number of carbonyl (C=O) groups excluding carboxylic acids is 3. The highest BCUT2D eigenvalue weighted by Crippen LogP contribution is 2.35. The Labute approximate surface area is 607 Å². The Kier molecular flexibility index (Phi) is 35.3. The van der Waals surface area contributed by atoms with Crippen LogP contribution in [-0.2, 0) is 45.1 Å². The number of unbranched alkanes of at least 4 members (excludes halogenated alkanes) is 16. The molecule has 0 saturated heterocycles. The number of anilines is 2. The predicted molar refractivity (Wildman–Crippen MR) is 404 cm³/mol. The molecule has 0 radical (unpaired) electrons. The number of hydrogen-bond acceptors (Lipinski definition) is 22. The van der Waals surface area contributed by atoms with Crippen LogP contribution in [0.15, 0.2) is 169 Å². The summed E-state index contributed by atoms with van der Waals surface area (Å²) in [5, 5.41) is 26.0. The van der Waals surface area contributed by atoms with Crippen LogP contribution in [0.25, 0.3) is 20.4 Å². The Hall–Kier alpha value is -9.03. The molecule has 0 bridgehead atoms. The summed E-state index contributed by atoms with van der Waals surface area (Å²) in [6.07, 6.45) is 24.5. The minimum atomic E-state index is -0.884. The first-order chi connectivity index (χ1) is 50.1. The van der Waals surface area contributed by atoms with Crippen LogP contribution in [0.4, 0.5) is 10.3 Å². The van der Waals surface area contributed by atoms with Crippen molar-refractivity contribution in [1.82, 2.24) is 9.97 Å². The van der Waals surface area contributed by atoms with Gasteiger partial charge < -0.3 is 33.5 Å². The highest BCUT2D eigenvalue weighted by atomic mass is 32.1. The van der Waals surface area contributed by atoms with Crippen molar-refractivity contribution in [2.24, 2.45) is 10.2 Å². The summed E-state index contributed by atoms with van der Waals surface area (Å²) < 4.78 is 30.2. The van der Waals surface area contributed by atoms with Crippen LogP contribution in [0.1, 0.15) is 189 Å². The summed E-state index contributed by atoms with van der Waals surface area (Å²) >= 11 is 3.17. The van der Waals surface area contributed by atoms with Crippen LogP contribution in [0.5, 0.6) is 28.7 Å². The van der Waals surface area contributed by atoms with E-state index in [4.69, 9.17) is 68.3 Å². The summed E-state index contributed by atoms with van der Waals surface area (Å²) in [4.78, 5) is 74.5. The molecular formula is C80H98N6O14S2. The number of aromatic nitrogens is 2. The molecule has 0 amide bonds. The standard InChI is InChI=1S/C80H98N6O14S2/c1-5-9-11-25-49-85(79-83-70-32-21-23-34-73(70)101-79)81-58-63-56-68(45-47-69(63)78(98-90)62-39-43-66(44-40-62)92-52-28-17-19-30-54-94-76(88)8-4)99-95-55-31-15-13-14-20-36-77(89)97-67-46-48-72(100-96-60-61-37-41-65(42-38-61)91-51-27-16-18-29-53-93-75(87)7-3)64(57-67)59-82-86(50-26-12-10-6-2)80-84-71-33-22-24-35-74(71)102-80/h7-8,21-24,32-35,37-48,56-59,78,90H,3-6,9-20,25-31,36,49-55,60H2,1-2H3/b81-58+,82-59+. The van der Waals surface area contributed by atoms with Crippen molar-refractivity contribution in [1.29, 1.82) is 0 Å². The van der Waals surface area contributed by atoms with Gasteiger partial charge in [0.25, 0.3) is 0 Å². The van der Waals surface area contributed by atoms with Crippen molar-refractivity contribution in [2.45, 2.75) is 168 Å². The molecule has 22 heteroatoms. The lowest BCUT2D eigenvalue weighted by molar-refractivity contribution is -0.270. The maximum Gasteiger partial charge on any atom is 0.330 e. The lowest BCUT2D eigenvalue weighted by Gasteiger charge is -2.19. The maximum atomic E-state index is 13.4. The molecule has 2 aromatic heterocycles. The lowest BCUT2D eigenvalue weighted by Crippen LogP contribution is -2.18. The maximum absolute atomic E-state index is 13.4. The van der Waals surface area contributed by atoms with Crippen molar-refractivity contribution in [3.05, 3.63) is 187 Å². The molecular weight excluding hydrogens is 1330 g/mol. The molecule has 0 aliphatic rings. The van der Waals surface area contributed by atoms with E-state index in [1.807, 2.05) is 107 Å². The molecule has 2 heterocycles. The smallest absolute Gasteiger partial charge is 0.330 e. The van der Waals surface area contributed by atoms with Crippen molar-refractivity contribution < 1.29 is 67.8 Å². The second kappa shape index (κ2) is 45.8. The minimum Gasteiger partial charge on any atom is -0.494 e. The number of esters is 3. The molecule has 1 N–H and O–H groups in total. The molecule has 0 spiro atoms. The van der Waals surface area contributed by atoms with Gasteiger partial charge in [-0.1, -0.05) is 162 Å². The summed E-state index contributed by atoms with van der Waals surface area (Å²) in [5.74, 6) is 1.46. The SMILES string of the molecule is C=CC(=O)OCCCCCCOc1ccc(COOc2ccc(OC(=O)CCCCCCCOOc3ccc(C(OO)c4ccc(OCCCCCCOC(=O)C=C)cc4)c(/C=N/N(CCCCCC)c4nc5ccccc5s4)c3)cc2/C=N/N(CCCCCC)c2nc3ccccc3s2)cc1. The number of benzene rings is 6. The summed E-state index contributed by atoms with van der Waals surface area (Å²) in [7, 11) is 0. The lowest BCUT2D eigenvalue weighted by atomic mass is 9.97. The fourth-order valence-corrected chi connectivity index (χ4v) is 12.7. The van der Waals surface area contributed by atoms with Crippen molar-refractivity contribution in [3.63, 3.8) is 0 Å². The van der Waals surface area contributed by atoms with Gasteiger partial charge in [0.1, 0.15) is 30.0 Å². The van der Waals surface area contributed by atoms with Crippen LogP contribution in [-0.4, -0.2) is 91.7 Å². The number of para-hydroxylation sites is 2. The highest BCUT2D eigenvalue weighted by Gasteiger charge is 2.22. The Balaban J connectivity index is 0.838. The quantitative estimate of drug-likeness (QED) is 0.00712. The van der Waals surface area contributed by atoms with E-state index >= 15 is 0 Å². The Morgan fingerprint density at radius 1 is 0.510 bits per heavy atom. The fourth-order valence-electron chi connectivity index (χ4n) is 10.8. The number of nitrogens with zero attached hydrogens (tertiary/aromatic N) is 6. The Morgan fingerprint density at radius 2 is 1.00 bits per heavy atom. The van der Waals surface area contributed by atoms with Crippen molar-refractivity contribution in [2.75, 3.05) is 56.1 Å². The first kappa shape index (κ1) is 78.7. The molecule has 0 saturated carbocycles. The third kappa shape index (κ3) is 27.7. The number of rotatable bonds is 52. The zero-order valence-electron chi connectivity index (χ0n) is 59.0. The molecule has 102 heavy (non-hydrogen) atoms. The van der Waals surface area contributed by atoms with Gasteiger partial charge in [0.05, 0.1) is 65.9 Å². The van der Waals surface area contributed by atoms with Crippen molar-refractivity contribution in [3.8, 4) is 28.7 Å². The van der Waals surface area contributed by atoms with Gasteiger partial charge in [-0.25, -0.2) is 34.5 Å². The Morgan fingerprint density at radius 3 is 1.56 bits per heavy atom. The average Bonchev–Trinajstić information content (AvgIpc) is 1.42. The number of hydrazone groups is 2. The molecule has 8 aromatic rings. The molecule has 8 rings (SSSR count). The number of fused-ring (bicyclic) bond motifs is 2. The van der Waals surface area contributed by atoms with Gasteiger partial charge in [-0.3, -0.25) is 10.1 Å². The largest absolute Gasteiger partial charge is 0.494 e. The van der Waals surface area contributed by atoms with Crippen LogP contribution >= 0.6 is 22.7 Å². The van der Waals surface area contributed by atoms with Crippen LogP contribution in [0, 0.1) is 0 Å². The first-order valence-electron chi connectivity index (χ1n) is 35.9. The van der Waals surface area contributed by atoms with Crippen LogP contribution in [0.3, 0.4) is 0 Å². The average molecular weight is 1430 g/mol. The zero-order valence-corrected chi connectivity index (χ0v) is 60.6. The van der Waals surface area contributed by atoms with Crippen molar-refractivity contribution >= 4 is 83.7 Å². The van der Waals surface area contributed by atoms with Gasteiger partial charge >= 0.3 is 17.9 Å². The minimum absolute atomic E-state index is 0.155. The third-order valence-electron chi connectivity index (χ3n) is 16.5. The van der Waals surface area contributed by atoms with Crippen LogP contribution < -0.4 is 34.0 Å². The number of ether oxygens (including phenoxy) is 5. The number of hydrogen-bond donors (Lipinski definition) is 1. The summed E-state index contributed by atoms with van der Waals surface area (Å²) in [6, 6.07) is 41.8. The third-order valence-corrected chi connectivity index (χ3v) is 18.6. The van der Waals surface area contributed by atoms with Crippen LogP contribution in [0.2, 0.25) is 0 Å². The molecule has 0 aliphatic heterocycles. The topological polar surface area (TPSA) is 221 Å². The second-order valence-electron chi connectivity index (χ2n) is 24.5. The van der Waals surface area contributed by atoms with Gasteiger partial charge in [-0.05, 0) is 173 Å². The number of thiazole rings is 2. The molecule has 0 fully saturated rings. The van der Waals surface area contributed by atoms with E-state index in [2.05, 4.69) is 39.1 Å². The van der Waals surface area contributed by atoms with E-state index < -0.39 is 18.0 Å². The van der Waals surface area contributed by atoms with E-state index in [0.717, 1.165) is 170 Å². The molecule has 6 aromatic carbocycles. The van der Waals surface area contributed by atoms with E-state index in [1.54, 1.807) is 59.4 Å². The van der Waals surface area contributed by atoms with E-state index in [9.17, 15) is 19.6 Å². The van der Waals surface area contributed by atoms with Gasteiger partial charge in [0.15, 0.2) is 11.5 Å². The summed E-state index contributed by atoms with van der Waals surface area (Å²) in [5.41, 5.74) is 5.22.